The number of anilines is 1. The predicted molar refractivity (Wildman–Crippen MR) is 103 cm³/mol. The lowest BCUT2D eigenvalue weighted by atomic mass is 10.1. The van der Waals surface area contributed by atoms with Crippen molar-refractivity contribution in [3.05, 3.63) is 77.5 Å². The summed E-state index contributed by atoms with van der Waals surface area (Å²) >= 11 is 1.50. The molecule has 0 atom stereocenters. The molecule has 0 aliphatic heterocycles. The van der Waals surface area contributed by atoms with Crippen LogP contribution in [0.15, 0.2) is 59.3 Å². The van der Waals surface area contributed by atoms with Crippen LogP contribution in [0.1, 0.15) is 27.4 Å². The zero-order valence-corrected chi connectivity index (χ0v) is 15.3. The van der Waals surface area contributed by atoms with Crippen LogP contribution in [0.25, 0.3) is 10.2 Å². The van der Waals surface area contributed by atoms with Crippen molar-refractivity contribution in [1.29, 1.82) is 0 Å². The lowest BCUT2D eigenvalue weighted by molar-refractivity contribution is 0.0958. The highest BCUT2D eigenvalue weighted by Crippen LogP contribution is 2.33. The number of thiazole rings is 1. The van der Waals surface area contributed by atoms with Gasteiger partial charge in [-0.1, -0.05) is 23.5 Å². The molecule has 6 heteroatoms. The Bertz CT molecular complexity index is 1060. The number of aromatic nitrogens is 2. The first-order valence-corrected chi connectivity index (χ1v) is 9.07. The quantitative estimate of drug-likeness (QED) is 0.525. The Hall–Kier alpha value is -2.99. The van der Waals surface area contributed by atoms with Gasteiger partial charge in [0.05, 0.1) is 28.7 Å². The monoisotopic (exact) mass is 363 g/mol. The minimum Gasteiger partial charge on any atom is -0.459 e. The Kier molecular flexibility index (Phi) is 4.26. The van der Waals surface area contributed by atoms with Gasteiger partial charge in [-0.15, -0.1) is 0 Å². The minimum absolute atomic E-state index is 0.228. The highest BCUT2D eigenvalue weighted by molar-refractivity contribution is 7.22. The van der Waals surface area contributed by atoms with Gasteiger partial charge in [0.1, 0.15) is 0 Å². The molecule has 0 bridgehead atoms. The van der Waals surface area contributed by atoms with Gasteiger partial charge in [-0.25, -0.2) is 4.98 Å². The number of nitrogens with zero attached hydrogens (tertiary/aromatic N) is 3. The highest BCUT2D eigenvalue weighted by atomic mass is 32.1. The Morgan fingerprint density at radius 1 is 1.15 bits per heavy atom. The number of furan rings is 1. The molecule has 0 saturated heterocycles. The average molecular weight is 363 g/mol. The third-order valence-electron chi connectivity index (χ3n) is 4.33. The van der Waals surface area contributed by atoms with Crippen molar-refractivity contribution < 1.29 is 9.21 Å². The Balaban J connectivity index is 1.79. The Morgan fingerprint density at radius 2 is 2.04 bits per heavy atom. The van der Waals surface area contributed by atoms with Crippen molar-refractivity contribution >= 4 is 32.6 Å². The normalized spacial score (nSPS) is 11.0. The number of aryl methyl sites for hydroxylation is 2. The molecule has 4 rings (SSSR count). The van der Waals surface area contributed by atoms with Crippen LogP contribution in [0.2, 0.25) is 0 Å². The van der Waals surface area contributed by atoms with Gasteiger partial charge in [0.15, 0.2) is 10.9 Å². The molecular formula is C20H17N3O2S. The van der Waals surface area contributed by atoms with Gasteiger partial charge in [-0.3, -0.25) is 14.7 Å². The van der Waals surface area contributed by atoms with Crippen molar-refractivity contribution in [1.82, 2.24) is 9.97 Å². The van der Waals surface area contributed by atoms with Crippen molar-refractivity contribution in [3.63, 3.8) is 0 Å². The summed E-state index contributed by atoms with van der Waals surface area (Å²) in [5, 5.41) is 0.640. The molecule has 1 aromatic carbocycles. The molecular weight excluding hydrogens is 346 g/mol. The average Bonchev–Trinajstić information content (AvgIpc) is 3.33. The van der Waals surface area contributed by atoms with Crippen molar-refractivity contribution in [2.75, 3.05) is 4.90 Å². The molecule has 26 heavy (non-hydrogen) atoms. The summed E-state index contributed by atoms with van der Waals surface area (Å²) in [6, 6.07) is 13.2. The van der Waals surface area contributed by atoms with Crippen LogP contribution in [-0.2, 0) is 6.54 Å². The molecule has 0 fully saturated rings. The molecule has 0 spiro atoms. The maximum atomic E-state index is 13.0. The van der Waals surface area contributed by atoms with Crippen LogP contribution in [-0.4, -0.2) is 15.9 Å². The van der Waals surface area contributed by atoms with E-state index in [1.807, 2.05) is 18.2 Å². The van der Waals surface area contributed by atoms with Crippen molar-refractivity contribution in [2.45, 2.75) is 20.4 Å². The van der Waals surface area contributed by atoms with E-state index in [-0.39, 0.29) is 11.7 Å². The minimum atomic E-state index is -0.228. The van der Waals surface area contributed by atoms with Gasteiger partial charge in [-0.2, -0.15) is 0 Å². The van der Waals surface area contributed by atoms with E-state index in [2.05, 4.69) is 31.0 Å². The zero-order chi connectivity index (χ0) is 18.1. The van der Waals surface area contributed by atoms with Crippen molar-refractivity contribution in [2.24, 2.45) is 0 Å². The molecule has 5 nitrogen and oxygen atoms in total. The number of fused-ring (bicyclic) bond motifs is 1. The molecule has 0 saturated carbocycles. The molecule has 3 aromatic heterocycles. The van der Waals surface area contributed by atoms with E-state index in [0.717, 1.165) is 21.5 Å². The van der Waals surface area contributed by atoms with Crippen molar-refractivity contribution in [3.8, 4) is 0 Å². The topological polar surface area (TPSA) is 59.2 Å². The number of carbonyl (C=O) groups excluding carboxylic acids is 1. The molecule has 0 unspecified atom stereocenters. The molecule has 0 aliphatic carbocycles. The number of rotatable bonds is 4. The van der Waals surface area contributed by atoms with Gasteiger partial charge in [-0.05, 0) is 55.3 Å². The van der Waals surface area contributed by atoms with Gasteiger partial charge in [0.25, 0.3) is 5.91 Å². The first-order chi connectivity index (χ1) is 12.6. The van der Waals surface area contributed by atoms with Crippen LogP contribution in [0.3, 0.4) is 0 Å². The fraction of sp³-hybridized carbons (Fsp3) is 0.150. The summed E-state index contributed by atoms with van der Waals surface area (Å²) in [6.07, 6.45) is 3.22. The number of pyridine rings is 1. The van der Waals surface area contributed by atoms with Crippen LogP contribution in [0.5, 0.6) is 0 Å². The lowest BCUT2D eigenvalue weighted by Crippen LogP contribution is -2.30. The molecule has 0 N–H and O–H groups in total. The summed E-state index contributed by atoms with van der Waals surface area (Å²) in [7, 11) is 0. The summed E-state index contributed by atoms with van der Waals surface area (Å²) in [5.41, 5.74) is 4.04. The van der Waals surface area contributed by atoms with E-state index in [1.54, 1.807) is 23.2 Å². The Morgan fingerprint density at radius 3 is 2.77 bits per heavy atom. The molecule has 130 valence electrons. The van der Waals surface area contributed by atoms with Gasteiger partial charge in [0, 0.05) is 6.20 Å². The summed E-state index contributed by atoms with van der Waals surface area (Å²) < 4.78 is 6.37. The zero-order valence-electron chi connectivity index (χ0n) is 14.5. The van der Waals surface area contributed by atoms with Gasteiger partial charge < -0.3 is 4.42 Å². The Labute approximate surface area is 154 Å². The number of benzene rings is 1. The first-order valence-electron chi connectivity index (χ1n) is 8.25. The fourth-order valence-corrected chi connectivity index (χ4v) is 3.77. The van der Waals surface area contributed by atoms with E-state index in [0.29, 0.717) is 11.7 Å². The largest absolute Gasteiger partial charge is 0.459 e. The molecule has 4 aromatic rings. The fourth-order valence-electron chi connectivity index (χ4n) is 2.74. The van der Waals surface area contributed by atoms with E-state index in [4.69, 9.17) is 9.40 Å². The number of amides is 1. The lowest BCUT2D eigenvalue weighted by Gasteiger charge is -2.18. The van der Waals surface area contributed by atoms with Gasteiger partial charge >= 0.3 is 0 Å². The summed E-state index contributed by atoms with van der Waals surface area (Å²) in [5.74, 6) is 0.0576. The van der Waals surface area contributed by atoms with Crippen LogP contribution < -0.4 is 4.90 Å². The molecule has 0 radical (unpaired) electrons. The summed E-state index contributed by atoms with van der Waals surface area (Å²) in [6.45, 7) is 4.45. The highest BCUT2D eigenvalue weighted by Gasteiger charge is 2.24. The summed E-state index contributed by atoms with van der Waals surface area (Å²) in [4.78, 5) is 23.7. The first kappa shape index (κ1) is 16.5. The predicted octanol–water partition coefficient (Wildman–Crippen LogP) is 4.75. The maximum Gasteiger partial charge on any atom is 0.296 e. The van der Waals surface area contributed by atoms with Crippen LogP contribution in [0, 0.1) is 13.8 Å². The van der Waals surface area contributed by atoms with E-state index in [9.17, 15) is 4.79 Å². The van der Waals surface area contributed by atoms with E-state index < -0.39 is 0 Å². The standard InChI is InChI=1S/C20H17N3O2S/c1-13-8-9-17-18(14(13)2)22-20(26-17)23(12-15-6-3-4-10-21-15)19(24)16-7-5-11-25-16/h3-11H,12H2,1-2H3. The number of hydrogen-bond donors (Lipinski definition) is 0. The molecule has 1 amide bonds. The second-order valence-corrected chi connectivity index (χ2v) is 7.05. The second kappa shape index (κ2) is 6.72. The third-order valence-corrected chi connectivity index (χ3v) is 5.37. The second-order valence-electron chi connectivity index (χ2n) is 6.04. The smallest absolute Gasteiger partial charge is 0.296 e. The van der Waals surface area contributed by atoms with E-state index in [1.165, 1.54) is 23.2 Å². The number of hydrogen-bond acceptors (Lipinski definition) is 5. The molecule has 3 heterocycles. The van der Waals surface area contributed by atoms with Crippen LogP contribution in [0.4, 0.5) is 5.13 Å². The van der Waals surface area contributed by atoms with E-state index >= 15 is 0 Å². The SMILES string of the molecule is Cc1ccc2sc(N(Cc3ccccn3)C(=O)c3ccco3)nc2c1C. The maximum absolute atomic E-state index is 13.0. The number of carbonyl (C=O) groups is 1. The third kappa shape index (κ3) is 2.99. The van der Waals surface area contributed by atoms with Gasteiger partial charge in [0.2, 0.25) is 0 Å². The molecule has 0 aliphatic rings. The van der Waals surface area contributed by atoms with Crippen LogP contribution >= 0.6 is 11.3 Å².